The second kappa shape index (κ2) is 5.90. The number of carboxylic acids is 1. The maximum absolute atomic E-state index is 12.2. The van der Waals surface area contributed by atoms with Crippen molar-refractivity contribution >= 4 is 17.8 Å². The molecule has 0 unspecified atom stereocenters. The summed E-state index contributed by atoms with van der Waals surface area (Å²) >= 11 is 0. The van der Waals surface area contributed by atoms with Crippen molar-refractivity contribution in [2.75, 3.05) is 0 Å². The molecule has 1 aliphatic carbocycles. The van der Waals surface area contributed by atoms with E-state index in [1.807, 2.05) is 0 Å². The van der Waals surface area contributed by atoms with Crippen LogP contribution >= 0.6 is 0 Å². The van der Waals surface area contributed by atoms with Crippen LogP contribution in [-0.4, -0.2) is 33.4 Å². The lowest BCUT2D eigenvalue weighted by Gasteiger charge is -2.33. The average Bonchev–Trinajstić information content (AvgIpc) is 2.48. The summed E-state index contributed by atoms with van der Waals surface area (Å²) in [6.45, 7) is 0. The Morgan fingerprint density at radius 3 is 2.33 bits per heavy atom. The minimum absolute atomic E-state index is 0.0613. The summed E-state index contributed by atoms with van der Waals surface area (Å²) in [5, 5.41) is 12.0. The number of carboxylic acid groups (broad SMARTS) is 1. The molecular formula is C14H17N3O4. The van der Waals surface area contributed by atoms with E-state index in [0.29, 0.717) is 12.8 Å². The van der Waals surface area contributed by atoms with E-state index in [9.17, 15) is 19.5 Å². The first-order valence-corrected chi connectivity index (χ1v) is 6.76. The van der Waals surface area contributed by atoms with Crippen LogP contribution in [0, 0.1) is 0 Å². The van der Waals surface area contributed by atoms with Gasteiger partial charge in [-0.25, -0.2) is 4.79 Å². The van der Waals surface area contributed by atoms with Crippen LogP contribution in [0.2, 0.25) is 0 Å². The van der Waals surface area contributed by atoms with Gasteiger partial charge in [0.25, 0.3) is 5.91 Å². The third-order valence-electron chi connectivity index (χ3n) is 3.75. The number of carbonyl (C=O) groups excluding carboxylic acids is 2. The quantitative estimate of drug-likeness (QED) is 0.753. The molecule has 0 radical (unpaired) electrons. The summed E-state index contributed by atoms with van der Waals surface area (Å²) in [4.78, 5) is 38.4. The number of nitrogens with one attached hydrogen (secondary N) is 1. The molecule has 1 fully saturated rings. The highest BCUT2D eigenvalue weighted by Crippen LogP contribution is 2.28. The standard InChI is InChI=1S/C14H17N3O4/c15-11(18)9-4-5-10(16-8-9)12(19)17-14(13(20)21)6-2-1-3-7-14/h4-5,8H,1-3,6-7H2,(H2,15,18)(H,17,19)(H,20,21). The fourth-order valence-corrected chi connectivity index (χ4v) is 2.50. The van der Waals surface area contributed by atoms with Crippen molar-refractivity contribution in [2.45, 2.75) is 37.6 Å². The monoisotopic (exact) mass is 291 g/mol. The number of aliphatic carboxylic acids is 1. The summed E-state index contributed by atoms with van der Waals surface area (Å²) in [5.41, 5.74) is 4.12. The van der Waals surface area contributed by atoms with Crippen LogP contribution in [0.5, 0.6) is 0 Å². The van der Waals surface area contributed by atoms with Gasteiger partial charge in [0.15, 0.2) is 0 Å². The van der Waals surface area contributed by atoms with E-state index < -0.39 is 23.3 Å². The third kappa shape index (κ3) is 3.18. The molecule has 7 heteroatoms. The molecule has 1 aromatic heterocycles. The fourth-order valence-electron chi connectivity index (χ4n) is 2.50. The van der Waals surface area contributed by atoms with Crippen LogP contribution < -0.4 is 11.1 Å². The highest BCUT2D eigenvalue weighted by Gasteiger charge is 2.41. The number of hydrogen-bond acceptors (Lipinski definition) is 4. The maximum Gasteiger partial charge on any atom is 0.329 e. The first-order valence-electron chi connectivity index (χ1n) is 6.76. The van der Waals surface area contributed by atoms with Crippen molar-refractivity contribution in [3.63, 3.8) is 0 Å². The number of carbonyl (C=O) groups is 3. The minimum atomic E-state index is -1.22. The summed E-state index contributed by atoms with van der Waals surface area (Å²) in [5.74, 6) is -2.22. The van der Waals surface area contributed by atoms with Crippen LogP contribution in [0.4, 0.5) is 0 Å². The highest BCUT2D eigenvalue weighted by molar-refractivity contribution is 5.97. The molecule has 1 saturated carbocycles. The molecule has 1 aromatic rings. The zero-order valence-electron chi connectivity index (χ0n) is 11.5. The molecule has 21 heavy (non-hydrogen) atoms. The van der Waals surface area contributed by atoms with E-state index in [2.05, 4.69) is 10.3 Å². The Bertz CT molecular complexity index is 562. The van der Waals surface area contributed by atoms with Gasteiger partial charge in [0.2, 0.25) is 5.91 Å². The third-order valence-corrected chi connectivity index (χ3v) is 3.75. The van der Waals surface area contributed by atoms with Crippen molar-refractivity contribution in [3.8, 4) is 0 Å². The first kappa shape index (κ1) is 15.0. The largest absolute Gasteiger partial charge is 0.480 e. The van der Waals surface area contributed by atoms with Gasteiger partial charge < -0.3 is 16.2 Å². The van der Waals surface area contributed by atoms with Gasteiger partial charge in [-0.2, -0.15) is 0 Å². The lowest BCUT2D eigenvalue weighted by atomic mass is 9.81. The molecule has 112 valence electrons. The molecule has 2 rings (SSSR count). The predicted octanol–water partition coefficient (Wildman–Crippen LogP) is 0.698. The average molecular weight is 291 g/mol. The molecule has 0 saturated heterocycles. The van der Waals surface area contributed by atoms with Gasteiger partial charge in [0.05, 0.1) is 5.56 Å². The van der Waals surface area contributed by atoms with E-state index in [-0.39, 0.29) is 11.3 Å². The SMILES string of the molecule is NC(=O)c1ccc(C(=O)NC2(C(=O)O)CCCCC2)nc1. The van der Waals surface area contributed by atoms with E-state index in [4.69, 9.17) is 5.73 Å². The molecule has 7 nitrogen and oxygen atoms in total. The Hall–Kier alpha value is -2.44. The Morgan fingerprint density at radius 1 is 1.19 bits per heavy atom. The number of pyridine rings is 1. The van der Waals surface area contributed by atoms with E-state index in [0.717, 1.165) is 19.3 Å². The van der Waals surface area contributed by atoms with Gasteiger partial charge in [-0.05, 0) is 25.0 Å². The zero-order chi connectivity index (χ0) is 15.5. The topological polar surface area (TPSA) is 122 Å². The van der Waals surface area contributed by atoms with Crippen LogP contribution in [0.1, 0.15) is 53.0 Å². The second-order valence-electron chi connectivity index (χ2n) is 5.20. The summed E-state index contributed by atoms with van der Waals surface area (Å²) in [6, 6.07) is 2.74. The van der Waals surface area contributed by atoms with Gasteiger partial charge in [0, 0.05) is 6.20 Å². The summed E-state index contributed by atoms with van der Waals surface area (Å²) in [7, 11) is 0. The Kier molecular flexibility index (Phi) is 4.21. The number of rotatable bonds is 4. The smallest absolute Gasteiger partial charge is 0.329 e. The van der Waals surface area contributed by atoms with Crippen molar-refractivity contribution in [1.29, 1.82) is 0 Å². The number of hydrogen-bond donors (Lipinski definition) is 3. The van der Waals surface area contributed by atoms with Crippen molar-refractivity contribution in [2.24, 2.45) is 5.73 Å². The number of nitrogens with zero attached hydrogens (tertiary/aromatic N) is 1. The van der Waals surface area contributed by atoms with Gasteiger partial charge in [-0.1, -0.05) is 19.3 Å². The fraction of sp³-hybridized carbons (Fsp3) is 0.429. The van der Waals surface area contributed by atoms with E-state index in [1.54, 1.807) is 0 Å². The van der Waals surface area contributed by atoms with Crippen LogP contribution in [0.15, 0.2) is 18.3 Å². The lowest BCUT2D eigenvalue weighted by Crippen LogP contribution is -2.55. The predicted molar refractivity (Wildman–Crippen MR) is 73.7 cm³/mol. The highest BCUT2D eigenvalue weighted by atomic mass is 16.4. The van der Waals surface area contributed by atoms with Crippen LogP contribution in [-0.2, 0) is 4.79 Å². The Labute approximate surface area is 121 Å². The lowest BCUT2D eigenvalue weighted by molar-refractivity contribution is -0.145. The van der Waals surface area contributed by atoms with Gasteiger partial charge in [-0.3, -0.25) is 14.6 Å². The number of aromatic nitrogens is 1. The number of amides is 2. The van der Waals surface area contributed by atoms with E-state index >= 15 is 0 Å². The normalized spacial score (nSPS) is 17.0. The Morgan fingerprint density at radius 2 is 1.86 bits per heavy atom. The summed E-state index contributed by atoms with van der Waals surface area (Å²) < 4.78 is 0. The molecule has 0 spiro atoms. The van der Waals surface area contributed by atoms with Gasteiger partial charge in [-0.15, -0.1) is 0 Å². The first-order chi connectivity index (χ1) is 9.94. The van der Waals surface area contributed by atoms with Crippen molar-refractivity contribution in [1.82, 2.24) is 10.3 Å². The molecule has 1 heterocycles. The zero-order valence-corrected chi connectivity index (χ0v) is 11.5. The molecule has 4 N–H and O–H groups in total. The second-order valence-corrected chi connectivity index (χ2v) is 5.20. The molecule has 0 aromatic carbocycles. The van der Waals surface area contributed by atoms with Crippen LogP contribution in [0.3, 0.4) is 0 Å². The van der Waals surface area contributed by atoms with Gasteiger partial charge >= 0.3 is 5.97 Å². The summed E-state index contributed by atoms with van der Waals surface area (Å²) in [6.07, 6.45) is 4.52. The van der Waals surface area contributed by atoms with Crippen molar-refractivity contribution in [3.05, 3.63) is 29.6 Å². The molecule has 1 aliphatic rings. The van der Waals surface area contributed by atoms with E-state index in [1.165, 1.54) is 18.3 Å². The molecule has 0 bridgehead atoms. The van der Waals surface area contributed by atoms with Crippen LogP contribution in [0.25, 0.3) is 0 Å². The van der Waals surface area contributed by atoms with Crippen molar-refractivity contribution < 1.29 is 19.5 Å². The number of nitrogens with two attached hydrogens (primary N) is 1. The van der Waals surface area contributed by atoms with Gasteiger partial charge in [0.1, 0.15) is 11.2 Å². The minimum Gasteiger partial charge on any atom is -0.480 e. The molecule has 0 atom stereocenters. The number of primary amides is 1. The molecule has 0 aliphatic heterocycles. The Balaban J connectivity index is 2.15. The maximum atomic E-state index is 12.2. The molecule has 2 amide bonds. The molecular weight excluding hydrogens is 274 g/mol.